The molecule has 0 saturated heterocycles. The normalized spacial score (nSPS) is 15.6. The Balaban J connectivity index is 1.64. The van der Waals surface area contributed by atoms with Gasteiger partial charge < -0.3 is 13.7 Å². The van der Waals surface area contributed by atoms with Crippen molar-refractivity contribution in [2.45, 2.75) is 77.3 Å². The summed E-state index contributed by atoms with van der Waals surface area (Å²) in [4.78, 5) is 20.2. The highest BCUT2D eigenvalue weighted by Crippen LogP contribution is 2.46. The van der Waals surface area contributed by atoms with E-state index in [2.05, 4.69) is 85.4 Å². The van der Waals surface area contributed by atoms with Crippen molar-refractivity contribution in [3.63, 3.8) is 0 Å². The summed E-state index contributed by atoms with van der Waals surface area (Å²) in [6.45, 7) is 16.3. The SMILES string of the molecule is CCOC(=O)c1cc2c(c(-c3cccc(C#CCN(C)C)c3)n1)[C@@H](CCO[Si](c1ccccc1)(c1ccccc1)C(C)(C)C)N([S@+]([O-])C(C)(C)C)C2. The Bertz CT molecular complexity index is 1860. The fraction of sp³-hybridized carbons (Fsp3) is 0.395. The number of nitrogens with zero attached hydrogens (tertiary/aromatic N) is 3. The van der Waals surface area contributed by atoms with E-state index < -0.39 is 30.4 Å². The monoisotopic (exact) mass is 735 g/mol. The van der Waals surface area contributed by atoms with Crippen molar-refractivity contribution in [3.05, 3.63) is 113 Å². The lowest BCUT2D eigenvalue weighted by molar-refractivity contribution is 0.0519. The molecule has 1 aromatic heterocycles. The van der Waals surface area contributed by atoms with Crippen molar-refractivity contribution in [2.75, 3.05) is 33.9 Å². The fourth-order valence-electron chi connectivity index (χ4n) is 7.01. The van der Waals surface area contributed by atoms with Gasteiger partial charge in [0.25, 0.3) is 8.32 Å². The van der Waals surface area contributed by atoms with E-state index in [1.54, 1.807) is 6.92 Å². The number of benzene rings is 3. The van der Waals surface area contributed by atoms with Crippen LogP contribution in [0.1, 0.15) is 88.1 Å². The van der Waals surface area contributed by atoms with Crippen molar-refractivity contribution in [1.82, 2.24) is 14.2 Å². The predicted octanol–water partition coefficient (Wildman–Crippen LogP) is 7.12. The van der Waals surface area contributed by atoms with Crippen LogP contribution in [0.2, 0.25) is 5.04 Å². The summed E-state index contributed by atoms with van der Waals surface area (Å²) in [6.07, 6.45) is 0.578. The second-order valence-electron chi connectivity index (χ2n) is 15.5. The summed E-state index contributed by atoms with van der Waals surface area (Å²) in [5, 5.41) is 2.24. The van der Waals surface area contributed by atoms with Crippen LogP contribution in [0.15, 0.2) is 91.0 Å². The first-order valence-corrected chi connectivity index (χ1v) is 21.1. The first-order valence-electron chi connectivity index (χ1n) is 18.1. The summed E-state index contributed by atoms with van der Waals surface area (Å²) < 4.78 is 28.7. The molecular formula is C43H53N3O4SSi. The third-order valence-corrected chi connectivity index (χ3v) is 16.2. The summed E-state index contributed by atoms with van der Waals surface area (Å²) in [6, 6.07) is 30.8. The van der Waals surface area contributed by atoms with Crippen molar-refractivity contribution < 1.29 is 18.5 Å². The molecule has 2 heterocycles. The van der Waals surface area contributed by atoms with Crippen LogP contribution in [-0.2, 0) is 27.1 Å². The van der Waals surface area contributed by atoms with E-state index in [1.807, 2.05) is 82.2 Å². The summed E-state index contributed by atoms with van der Waals surface area (Å²) >= 11 is -1.36. The smallest absolute Gasteiger partial charge is 0.356 e. The molecule has 5 rings (SSSR count). The number of fused-ring (bicyclic) bond motifs is 1. The number of rotatable bonds is 11. The number of carbonyl (C=O) groups excluding carboxylic acids is 1. The van der Waals surface area contributed by atoms with E-state index in [0.717, 1.165) is 22.3 Å². The molecule has 2 atom stereocenters. The zero-order valence-corrected chi connectivity index (χ0v) is 34.0. The lowest BCUT2D eigenvalue weighted by atomic mass is 9.95. The molecular weight excluding hydrogens is 683 g/mol. The Labute approximate surface area is 315 Å². The van der Waals surface area contributed by atoms with Gasteiger partial charge in [-0.05, 0) is 87.4 Å². The third-order valence-electron chi connectivity index (χ3n) is 9.26. The number of hydrogen-bond donors (Lipinski definition) is 0. The molecule has 4 aromatic rings. The average Bonchev–Trinajstić information content (AvgIpc) is 3.47. The van der Waals surface area contributed by atoms with Crippen molar-refractivity contribution >= 4 is 36.0 Å². The topological polar surface area (TPSA) is 78.0 Å². The largest absolute Gasteiger partial charge is 0.597 e. The number of carbonyl (C=O) groups is 1. The average molecular weight is 736 g/mol. The van der Waals surface area contributed by atoms with Gasteiger partial charge in [-0.25, -0.2) is 9.78 Å². The van der Waals surface area contributed by atoms with Gasteiger partial charge in [0.05, 0.1) is 31.4 Å². The van der Waals surface area contributed by atoms with Gasteiger partial charge >= 0.3 is 5.97 Å². The first kappa shape index (κ1) is 39.5. The molecule has 3 aromatic carbocycles. The highest BCUT2D eigenvalue weighted by atomic mass is 32.2. The molecule has 9 heteroatoms. The highest BCUT2D eigenvalue weighted by Gasteiger charge is 2.51. The summed E-state index contributed by atoms with van der Waals surface area (Å²) in [7, 11) is 1.15. The minimum atomic E-state index is -2.83. The quantitative estimate of drug-likeness (QED) is 0.0703. The molecule has 0 saturated carbocycles. The van der Waals surface area contributed by atoms with E-state index in [1.165, 1.54) is 10.4 Å². The number of ether oxygens (including phenoxy) is 1. The van der Waals surface area contributed by atoms with Gasteiger partial charge in [0, 0.05) is 34.7 Å². The van der Waals surface area contributed by atoms with Crippen LogP contribution in [0.25, 0.3) is 11.3 Å². The van der Waals surface area contributed by atoms with Gasteiger partial charge in [0.15, 0.2) is 0 Å². The van der Waals surface area contributed by atoms with Crippen molar-refractivity contribution in [2.24, 2.45) is 0 Å². The molecule has 52 heavy (non-hydrogen) atoms. The number of esters is 1. The van der Waals surface area contributed by atoms with E-state index in [9.17, 15) is 9.35 Å². The van der Waals surface area contributed by atoms with Crippen LogP contribution in [-0.4, -0.2) is 71.6 Å². The van der Waals surface area contributed by atoms with E-state index in [-0.39, 0.29) is 23.4 Å². The standard InChI is InChI=1S/C43H53N3O4SSi/c1-10-49-41(47)37-30-34-31-46(51(48)42(2,3)4)38(39(34)40(44-37)33-21-17-19-32(29-33)20-18-27-45(8)9)26-28-50-52(43(5,6)7,35-22-13-11-14-23-35)36-24-15-12-16-25-36/h11-17,19,21-25,29-30,38H,10,26-28,31H2,1-9H3/t38-,51-/m1/s1. The van der Waals surface area contributed by atoms with Gasteiger partial charge in [-0.2, -0.15) is 0 Å². The molecule has 0 spiro atoms. The van der Waals surface area contributed by atoms with Crippen LogP contribution in [0.5, 0.6) is 0 Å². The minimum absolute atomic E-state index is 0.188. The van der Waals surface area contributed by atoms with Gasteiger partial charge in [0.1, 0.15) is 10.4 Å². The molecule has 0 fully saturated rings. The summed E-state index contributed by atoms with van der Waals surface area (Å²) in [5.74, 6) is 6.03. The second-order valence-corrected chi connectivity index (χ2v) is 22.0. The van der Waals surface area contributed by atoms with Gasteiger partial charge in [-0.1, -0.05) is 105 Å². The molecule has 7 nitrogen and oxygen atoms in total. The molecule has 0 unspecified atom stereocenters. The van der Waals surface area contributed by atoms with Crippen molar-refractivity contribution in [1.29, 1.82) is 0 Å². The minimum Gasteiger partial charge on any atom is -0.597 e. The summed E-state index contributed by atoms with van der Waals surface area (Å²) in [5.41, 5.74) is 4.52. The van der Waals surface area contributed by atoms with Crippen LogP contribution in [0.3, 0.4) is 0 Å². The van der Waals surface area contributed by atoms with E-state index in [0.29, 0.717) is 31.8 Å². The maximum atomic E-state index is 14.4. The first-order chi connectivity index (χ1) is 24.7. The maximum Gasteiger partial charge on any atom is 0.356 e. The third kappa shape index (κ3) is 8.55. The zero-order chi connectivity index (χ0) is 37.7. The molecule has 0 aliphatic carbocycles. The number of aromatic nitrogens is 1. The molecule has 0 radical (unpaired) electrons. The molecule has 1 aliphatic rings. The lowest BCUT2D eigenvalue weighted by Gasteiger charge is -2.43. The molecule has 1 aliphatic heterocycles. The zero-order valence-electron chi connectivity index (χ0n) is 32.2. The van der Waals surface area contributed by atoms with Crippen molar-refractivity contribution in [3.8, 4) is 23.1 Å². The van der Waals surface area contributed by atoms with Gasteiger partial charge in [-0.15, -0.1) is 4.31 Å². The maximum absolute atomic E-state index is 14.4. The second kappa shape index (κ2) is 16.5. The Morgan fingerprint density at radius 3 is 2.15 bits per heavy atom. The van der Waals surface area contributed by atoms with E-state index in [4.69, 9.17) is 14.1 Å². The number of hydrogen-bond acceptors (Lipinski definition) is 7. The fourth-order valence-corrected chi connectivity index (χ4v) is 13.0. The van der Waals surface area contributed by atoms with Crippen LogP contribution >= 0.6 is 0 Å². The predicted molar refractivity (Wildman–Crippen MR) is 215 cm³/mol. The molecule has 0 N–H and O–H groups in total. The Morgan fingerprint density at radius 1 is 0.962 bits per heavy atom. The Morgan fingerprint density at radius 2 is 1.60 bits per heavy atom. The lowest BCUT2D eigenvalue weighted by Crippen LogP contribution is -2.66. The highest BCUT2D eigenvalue weighted by molar-refractivity contribution is 7.90. The molecule has 0 bridgehead atoms. The molecule has 0 amide bonds. The molecule has 274 valence electrons. The Hall–Kier alpha value is -3.75. The van der Waals surface area contributed by atoms with Crippen LogP contribution < -0.4 is 10.4 Å². The number of pyridine rings is 1. The van der Waals surface area contributed by atoms with E-state index >= 15 is 0 Å². The van der Waals surface area contributed by atoms with Gasteiger partial charge in [0.2, 0.25) is 0 Å². The Kier molecular flexibility index (Phi) is 12.5. The van der Waals surface area contributed by atoms with Crippen LogP contribution in [0.4, 0.5) is 0 Å². The van der Waals surface area contributed by atoms with Gasteiger partial charge in [-0.3, -0.25) is 4.90 Å². The van der Waals surface area contributed by atoms with Crippen LogP contribution in [0, 0.1) is 11.8 Å².